The number of morpholine rings is 1. The average Bonchev–Trinajstić information content (AvgIpc) is 2.33. The van der Waals surface area contributed by atoms with Gasteiger partial charge in [0.15, 0.2) is 6.04 Å². The van der Waals surface area contributed by atoms with Crippen LogP contribution in [0.2, 0.25) is 0 Å². The minimum absolute atomic E-state index is 0.00868. The lowest BCUT2D eigenvalue weighted by Crippen LogP contribution is -2.55. The number of hydrogen-bond donors (Lipinski definition) is 2. The molecule has 1 amide bonds. The highest BCUT2D eigenvalue weighted by molar-refractivity contribution is 5.85. The van der Waals surface area contributed by atoms with Crippen LogP contribution < -0.4 is 5.32 Å². The first-order valence-corrected chi connectivity index (χ1v) is 5.99. The molecule has 0 aromatic heterocycles. The maximum absolute atomic E-state index is 11.7. The van der Waals surface area contributed by atoms with Gasteiger partial charge in [0.05, 0.1) is 6.61 Å². The predicted octanol–water partition coefficient (Wildman–Crippen LogP) is -0.702. The Hall–Kier alpha value is -1.14. The molecule has 2 fully saturated rings. The van der Waals surface area contributed by atoms with E-state index in [-0.39, 0.29) is 19.1 Å². The Kier molecular flexibility index (Phi) is 3.96. The van der Waals surface area contributed by atoms with E-state index in [4.69, 9.17) is 9.84 Å². The highest BCUT2D eigenvalue weighted by Gasteiger charge is 2.35. The second kappa shape index (κ2) is 5.46. The Bertz CT molecular complexity index is 302. The second-order valence-electron chi connectivity index (χ2n) is 4.61. The maximum atomic E-state index is 11.7. The molecule has 2 saturated heterocycles. The van der Waals surface area contributed by atoms with E-state index in [0.29, 0.717) is 12.5 Å². The molecule has 0 aliphatic carbocycles. The largest absolute Gasteiger partial charge is 0.480 e. The molecule has 2 heterocycles. The van der Waals surface area contributed by atoms with Crippen LogP contribution in [0.25, 0.3) is 0 Å². The first-order valence-electron chi connectivity index (χ1n) is 5.99. The number of hydrogen-bond acceptors (Lipinski definition) is 4. The third kappa shape index (κ3) is 2.95. The third-order valence-corrected chi connectivity index (χ3v) is 3.40. The summed E-state index contributed by atoms with van der Waals surface area (Å²) in [6.45, 7) is 2.55. The van der Waals surface area contributed by atoms with Crippen molar-refractivity contribution in [3.05, 3.63) is 0 Å². The zero-order valence-corrected chi connectivity index (χ0v) is 9.72. The van der Waals surface area contributed by atoms with Crippen molar-refractivity contribution in [2.45, 2.75) is 18.9 Å². The first kappa shape index (κ1) is 12.3. The highest BCUT2D eigenvalue weighted by atomic mass is 16.5. The predicted molar refractivity (Wildman–Crippen MR) is 59.5 cm³/mol. The van der Waals surface area contributed by atoms with Gasteiger partial charge in [-0.1, -0.05) is 0 Å². The molecule has 96 valence electrons. The average molecular weight is 242 g/mol. The molecule has 0 spiro atoms. The van der Waals surface area contributed by atoms with E-state index in [0.717, 1.165) is 25.9 Å². The quantitative estimate of drug-likeness (QED) is 0.684. The normalized spacial score (nSPS) is 27.2. The second-order valence-corrected chi connectivity index (χ2v) is 4.61. The van der Waals surface area contributed by atoms with Crippen LogP contribution in [0.3, 0.4) is 0 Å². The van der Waals surface area contributed by atoms with Gasteiger partial charge in [-0.3, -0.25) is 4.79 Å². The van der Waals surface area contributed by atoms with Crippen LogP contribution >= 0.6 is 0 Å². The Morgan fingerprint density at radius 1 is 1.47 bits per heavy atom. The molecule has 2 aliphatic rings. The van der Waals surface area contributed by atoms with Crippen molar-refractivity contribution in [2.75, 3.05) is 32.8 Å². The topological polar surface area (TPSA) is 78.9 Å². The molecule has 2 N–H and O–H groups in total. The molecule has 0 saturated carbocycles. The van der Waals surface area contributed by atoms with Crippen LogP contribution in [0, 0.1) is 5.92 Å². The number of ether oxygens (including phenoxy) is 1. The van der Waals surface area contributed by atoms with Crippen molar-refractivity contribution in [1.82, 2.24) is 10.2 Å². The first-order chi connectivity index (χ1) is 8.18. The van der Waals surface area contributed by atoms with Gasteiger partial charge in [-0.2, -0.15) is 0 Å². The summed E-state index contributed by atoms with van der Waals surface area (Å²) in [6.07, 6.45) is 1.99. The van der Waals surface area contributed by atoms with Crippen molar-refractivity contribution in [1.29, 1.82) is 0 Å². The number of carbonyl (C=O) groups excluding carboxylic acids is 1. The maximum Gasteiger partial charge on any atom is 0.328 e. The van der Waals surface area contributed by atoms with Gasteiger partial charge in [-0.05, 0) is 31.8 Å². The van der Waals surface area contributed by atoms with Gasteiger partial charge in [0.1, 0.15) is 6.61 Å². The minimum atomic E-state index is -0.980. The fraction of sp³-hybridized carbons (Fsp3) is 0.818. The summed E-state index contributed by atoms with van der Waals surface area (Å²) in [7, 11) is 0. The van der Waals surface area contributed by atoms with Crippen molar-refractivity contribution >= 4 is 11.9 Å². The lowest BCUT2D eigenvalue weighted by atomic mass is 9.96. The SMILES string of the molecule is O=C(O)C1COCC(=O)N1CC1CCNCC1. The van der Waals surface area contributed by atoms with Crippen LogP contribution in [0.1, 0.15) is 12.8 Å². The zero-order chi connectivity index (χ0) is 12.3. The Balaban J connectivity index is 1.98. The highest BCUT2D eigenvalue weighted by Crippen LogP contribution is 2.17. The van der Waals surface area contributed by atoms with Crippen LogP contribution in [0.15, 0.2) is 0 Å². The molecule has 2 rings (SSSR count). The summed E-state index contributed by atoms with van der Waals surface area (Å²) in [4.78, 5) is 24.2. The summed E-state index contributed by atoms with van der Waals surface area (Å²) >= 11 is 0. The summed E-state index contributed by atoms with van der Waals surface area (Å²) < 4.78 is 4.99. The van der Waals surface area contributed by atoms with Gasteiger partial charge >= 0.3 is 5.97 Å². The third-order valence-electron chi connectivity index (χ3n) is 3.40. The number of nitrogens with one attached hydrogen (secondary N) is 1. The molecule has 0 aromatic rings. The zero-order valence-electron chi connectivity index (χ0n) is 9.72. The number of nitrogens with zero attached hydrogens (tertiary/aromatic N) is 1. The number of carboxylic acids is 1. The van der Waals surface area contributed by atoms with Crippen LogP contribution in [-0.4, -0.2) is 60.8 Å². The van der Waals surface area contributed by atoms with Crippen molar-refractivity contribution < 1.29 is 19.4 Å². The number of aliphatic carboxylic acids is 1. The minimum Gasteiger partial charge on any atom is -0.480 e. The monoisotopic (exact) mass is 242 g/mol. The molecular formula is C11H18N2O4. The van der Waals surface area contributed by atoms with Gasteiger partial charge in [0.2, 0.25) is 5.91 Å². The van der Waals surface area contributed by atoms with Crippen LogP contribution in [0.5, 0.6) is 0 Å². The Labute approximate surface area is 99.9 Å². The number of amides is 1. The lowest BCUT2D eigenvalue weighted by Gasteiger charge is -2.36. The molecule has 0 bridgehead atoms. The lowest BCUT2D eigenvalue weighted by molar-refractivity contribution is -0.163. The van der Waals surface area contributed by atoms with Crippen LogP contribution in [0.4, 0.5) is 0 Å². The van der Waals surface area contributed by atoms with Crippen molar-refractivity contribution in [3.8, 4) is 0 Å². The van der Waals surface area contributed by atoms with Crippen molar-refractivity contribution in [2.24, 2.45) is 5.92 Å². The smallest absolute Gasteiger partial charge is 0.328 e. The Morgan fingerprint density at radius 3 is 2.82 bits per heavy atom. The molecule has 0 aromatic carbocycles. The molecule has 1 atom stereocenters. The van der Waals surface area contributed by atoms with E-state index < -0.39 is 12.0 Å². The van der Waals surface area contributed by atoms with Gasteiger partial charge in [-0.25, -0.2) is 4.79 Å². The fourth-order valence-corrected chi connectivity index (χ4v) is 2.38. The molecule has 6 nitrogen and oxygen atoms in total. The van der Waals surface area contributed by atoms with Gasteiger partial charge < -0.3 is 20.1 Å². The molecule has 2 aliphatic heterocycles. The van der Waals surface area contributed by atoms with Crippen molar-refractivity contribution in [3.63, 3.8) is 0 Å². The molecular weight excluding hydrogens is 224 g/mol. The van der Waals surface area contributed by atoms with Gasteiger partial charge in [-0.15, -0.1) is 0 Å². The van der Waals surface area contributed by atoms with E-state index in [1.807, 2.05) is 0 Å². The molecule has 17 heavy (non-hydrogen) atoms. The molecule has 1 unspecified atom stereocenters. The van der Waals surface area contributed by atoms with E-state index in [2.05, 4.69) is 5.32 Å². The fourth-order valence-electron chi connectivity index (χ4n) is 2.38. The van der Waals surface area contributed by atoms with Gasteiger partial charge in [0.25, 0.3) is 0 Å². The summed E-state index contributed by atoms with van der Waals surface area (Å²) in [6, 6.07) is -0.814. The van der Waals surface area contributed by atoms with E-state index in [9.17, 15) is 9.59 Å². The summed E-state index contributed by atoms with van der Waals surface area (Å²) in [5, 5.41) is 12.3. The van der Waals surface area contributed by atoms with E-state index >= 15 is 0 Å². The van der Waals surface area contributed by atoms with E-state index in [1.54, 1.807) is 0 Å². The Morgan fingerprint density at radius 2 is 2.18 bits per heavy atom. The summed E-state index contributed by atoms with van der Waals surface area (Å²) in [5.74, 6) is -0.783. The van der Waals surface area contributed by atoms with Crippen LogP contribution in [-0.2, 0) is 14.3 Å². The summed E-state index contributed by atoms with van der Waals surface area (Å²) in [5.41, 5.74) is 0. The molecule has 0 radical (unpaired) electrons. The standard InChI is InChI=1S/C11H18N2O4/c14-10-7-17-6-9(11(15)16)13(10)5-8-1-3-12-4-2-8/h8-9,12H,1-7H2,(H,15,16). The number of rotatable bonds is 3. The number of carboxylic acid groups (broad SMARTS) is 1. The van der Waals surface area contributed by atoms with Gasteiger partial charge in [0, 0.05) is 6.54 Å². The number of piperidine rings is 1. The number of carbonyl (C=O) groups is 2. The molecule has 6 heteroatoms. The van der Waals surface area contributed by atoms with E-state index in [1.165, 1.54) is 4.90 Å².